The Morgan fingerprint density at radius 2 is 1.59 bits per heavy atom. The summed E-state index contributed by atoms with van der Waals surface area (Å²) < 4.78 is 32.2. The summed E-state index contributed by atoms with van der Waals surface area (Å²) in [5.41, 5.74) is 3.05. The summed E-state index contributed by atoms with van der Waals surface area (Å²) in [6, 6.07) is 23.7. The number of amides is 1. The van der Waals surface area contributed by atoms with Gasteiger partial charge in [0, 0.05) is 25.2 Å². The van der Waals surface area contributed by atoms with Crippen LogP contribution in [-0.2, 0) is 21.4 Å². The van der Waals surface area contributed by atoms with Gasteiger partial charge in [0.2, 0.25) is 10.0 Å². The molecule has 1 saturated heterocycles. The van der Waals surface area contributed by atoms with Gasteiger partial charge in [0.1, 0.15) is 5.75 Å². The van der Waals surface area contributed by atoms with E-state index in [-0.39, 0.29) is 17.3 Å². The summed E-state index contributed by atoms with van der Waals surface area (Å²) in [4.78, 5) is 13.4. The molecule has 0 atom stereocenters. The smallest absolute Gasteiger partial charge is 0.252 e. The molecule has 1 fully saturated rings. The fourth-order valence-electron chi connectivity index (χ4n) is 3.90. The molecule has 4 rings (SSSR count). The lowest BCUT2D eigenvalue weighted by atomic mass is 10.0. The molecule has 6 nitrogen and oxygen atoms in total. The van der Waals surface area contributed by atoms with Gasteiger partial charge in [0.25, 0.3) is 5.91 Å². The average molecular weight is 477 g/mol. The number of hydrogen-bond acceptors (Lipinski definition) is 4. The summed E-state index contributed by atoms with van der Waals surface area (Å²) in [6.45, 7) is 1.43. The van der Waals surface area contributed by atoms with Crippen LogP contribution >= 0.6 is 0 Å². The molecule has 1 aliphatic heterocycles. The van der Waals surface area contributed by atoms with E-state index >= 15 is 0 Å². The largest absolute Gasteiger partial charge is 0.497 e. The highest BCUT2D eigenvalue weighted by Gasteiger charge is 2.26. The van der Waals surface area contributed by atoms with Gasteiger partial charge in [0.15, 0.2) is 0 Å². The van der Waals surface area contributed by atoms with Crippen LogP contribution in [0.3, 0.4) is 0 Å². The first kappa shape index (κ1) is 23.7. The monoisotopic (exact) mass is 476 g/mol. The van der Waals surface area contributed by atoms with E-state index in [1.807, 2.05) is 60.7 Å². The maximum absolute atomic E-state index is 13.1. The minimum absolute atomic E-state index is 0.212. The summed E-state index contributed by atoms with van der Waals surface area (Å²) >= 11 is 0. The number of ether oxygens (including phenoxy) is 1. The van der Waals surface area contributed by atoms with Crippen molar-refractivity contribution in [1.82, 2.24) is 9.62 Å². The molecule has 1 N–H and O–H groups in total. The van der Waals surface area contributed by atoms with Crippen LogP contribution in [0.15, 0.2) is 83.8 Å². The molecule has 176 valence electrons. The molecule has 0 saturated carbocycles. The van der Waals surface area contributed by atoms with Crippen LogP contribution in [0.1, 0.15) is 29.5 Å². The van der Waals surface area contributed by atoms with Gasteiger partial charge < -0.3 is 10.1 Å². The van der Waals surface area contributed by atoms with Crippen molar-refractivity contribution in [3.05, 3.63) is 95.6 Å². The maximum atomic E-state index is 13.1. The Morgan fingerprint density at radius 3 is 2.21 bits per heavy atom. The van der Waals surface area contributed by atoms with Crippen molar-refractivity contribution in [2.75, 3.05) is 20.2 Å². The zero-order valence-corrected chi connectivity index (χ0v) is 19.9. The molecule has 0 aromatic heterocycles. The Balaban J connectivity index is 1.49. The molecule has 1 amide bonds. The zero-order valence-electron chi connectivity index (χ0n) is 19.1. The van der Waals surface area contributed by atoms with E-state index in [0.717, 1.165) is 35.3 Å². The van der Waals surface area contributed by atoms with Gasteiger partial charge in [-0.15, -0.1) is 0 Å². The van der Waals surface area contributed by atoms with Crippen molar-refractivity contribution in [3.63, 3.8) is 0 Å². The number of carbonyl (C=O) groups is 1. The van der Waals surface area contributed by atoms with Gasteiger partial charge in [-0.3, -0.25) is 4.79 Å². The Hall–Kier alpha value is -3.42. The van der Waals surface area contributed by atoms with Gasteiger partial charge in [0.05, 0.1) is 12.0 Å². The van der Waals surface area contributed by atoms with Crippen LogP contribution in [0.2, 0.25) is 0 Å². The van der Waals surface area contributed by atoms with Crippen molar-refractivity contribution in [2.45, 2.75) is 24.3 Å². The highest BCUT2D eigenvalue weighted by atomic mass is 32.2. The van der Waals surface area contributed by atoms with E-state index in [1.165, 1.54) is 4.31 Å². The summed E-state index contributed by atoms with van der Waals surface area (Å²) in [6.07, 6.45) is 3.64. The maximum Gasteiger partial charge on any atom is 0.252 e. The second-order valence-corrected chi connectivity index (χ2v) is 10.1. The molecule has 1 aliphatic rings. The third-order valence-corrected chi connectivity index (χ3v) is 7.75. The predicted octanol–water partition coefficient (Wildman–Crippen LogP) is 4.34. The molecule has 0 spiro atoms. The molecule has 34 heavy (non-hydrogen) atoms. The number of sulfonamides is 1. The summed E-state index contributed by atoms with van der Waals surface area (Å²) in [5, 5.41) is 2.96. The van der Waals surface area contributed by atoms with Crippen molar-refractivity contribution >= 4 is 27.6 Å². The van der Waals surface area contributed by atoms with Crippen molar-refractivity contribution < 1.29 is 17.9 Å². The van der Waals surface area contributed by atoms with E-state index in [9.17, 15) is 13.2 Å². The van der Waals surface area contributed by atoms with Gasteiger partial charge in [-0.25, -0.2) is 8.42 Å². The highest BCUT2D eigenvalue weighted by Crippen LogP contribution is 2.22. The van der Waals surface area contributed by atoms with Crippen LogP contribution in [0, 0.1) is 0 Å². The number of hydrogen-bond donors (Lipinski definition) is 1. The molecule has 0 unspecified atom stereocenters. The normalized spacial score (nSPS) is 14.7. The molecule has 7 heteroatoms. The number of nitrogens with one attached hydrogen (secondary N) is 1. The van der Waals surface area contributed by atoms with Gasteiger partial charge in [-0.05, 0) is 59.9 Å². The zero-order chi connectivity index (χ0) is 24.0. The van der Waals surface area contributed by atoms with Gasteiger partial charge >= 0.3 is 0 Å². The van der Waals surface area contributed by atoms with Crippen molar-refractivity contribution in [2.24, 2.45) is 0 Å². The second kappa shape index (κ2) is 10.7. The molecule has 0 bridgehead atoms. The minimum Gasteiger partial charge on any atom is -0.497 e. The quantitative estimate of drug-likeness (QED) is 0.388. The van der Waals surface area contributed by atoms with Gasteiger partial charge in [-0.1, -0.05) is 54.6 Å². The first-order valence-corrected chi connectivity index (χ1v) is 12.7. The van der Waals surface area contributed by atoms with E-state index in [4.69, 9.17) is 4.74 Å². The Labute approximate surface area is 200 Å². The fourth-order valence-corrected chi connectivity index (χ4v) is 5.42. The molecular formula is C27H28N2O4S. The highest BCUT2D eigenvalue weighted by molar-refractivity contribution is 7.89. The van der Waals surface area contributed by atoms with Crippen LogP contribution in [0.5, 0.6) is 5.75 Å². The molecule has 3 aromatic carbocycles. The topological polar surface area (TPSA) is 75.7 Å². The Kier molecular flexibility index (Phi) is 7.45. The van der Waals surface area contributed by atoms with E-state index in [0.29, 0.717) is 18.7 Å². The van der Waals surface area contributed by atoms with Crippen LogP contribution in [-0.4, -0.2) is 38.8 Å². The van der Waals surface area contributed by atoms with E-state index < -0.39 is 10.0 Å². The lowest BCUT2D eigenvalue weighted by molar-refractivity contribution is -0.115. The lowest BCUT2D eigenvalue weighted by Gasteiger charge is -2.15. The first-order valence-electron chi connectivity index (χ1n) is 11.3. The number of nitrogens with zero attached hydrogens (tertiary/aromatic N) is 1. The van der Waals surface area contributed by atoms with Crippen molar-refractivity contribution in [1.29, 1.82) is 0 Å². The van der Waals surface area contributed by atoms with Gasteiger partial charge in [-0.2, -0.15) is 4.31 Å². The Morgan fingerprint density at radius 1 is 0.941 bits per heavy atom. The van der Waals surface area contributed by atoms with Crippen molar-refractivity contribution in [3.8, 4) is 5.75 Å². The molecule has 3 aromatic rings. The predicted molar refractivity (Wildman–Crippen MR) is 134 cm³/mol. The van der Waals surface area contributed by atoms with Crippen LogP contribution < -0.4 is 10.1 Å². The van der Waals surface area contributed by atoms with Crippen LogP contribution in [0.4, 0.5) is 0 Å². The third-order valence-electron chi connectivity index (χ3n) is 5.84. The summed E-state index contributed by atoms with van der Waals surface area (Å²) in [5.74, 6) is 0.536. The summed E-state index contributed by atoms with van der Waals surface area (Å²) in [7, 11) is -1.83. The van der Waals surface area contributed by atoms with Crippen LogP contribution in [0.25, 0.3) is 11.6 Å². The molecule has 0 aliphatic carbocycles. The lowest BCUT2D eigenvalue weighted by Crippen LogP contribution is -2.28. The standard InChI is InChI=1S/C27H28N2O4S/c1-33-24-13-9-21(10-14-24)19-26(23-7-3-2-4-8-23)27(30)28-20-22-11-15-25(16-12-22)34(31,32)29-17-5-6-18-29/h2-4,7-16,19H,5-6,17-18,20H2,1H3,(H,28,30)/b26-19+. The first-order chi connectivity index (χ1) is 16.5. The second-order valence-electron chi connectivity index (χ2n) is 8.14. The molecule has 0 radical (unpaired) electrons. The van der Waals surface area contributed by atoms with E-state index in [1.54, 1.807) is 31.4 Å². The SMILES string of the molecule is COc1ccc(/C=C(/C(=O)NCc2ccc(S(=O)(=O)N3CCCC3)cc2)c2ccccc2)cc1. The number of rotatable bonds is 8. The van der Waals surface area contributed by atoms with E-state index in [2.05, 4.69) is 5.32 Å². The molecule has 1 heterocycles. The minimum atomic E-state index is -3.45. The average Bonchev–Trinajstić information content (AvgIpc) is 3.43. The molecular weight excluding hydrogens is 448 g/mol. The number of benzene rings is 3. The number of methoxy groups -OCH3 is 1. The Bertz CT molecular complexity index is 1250. The third kappa shape index (κ3) is 5.55. The fraction of sp³-hybridized carbons (Fsp3) is 0.222. The number of carbonyl (C=O) groups excluding carboxylic acids is 1.